The number of hydrogen-bond donors (Lipinski definition) is 0. The fourth-order valence-corrected chi connectivity index (χ4v) is 8.00. The first-order valence-corrected chi connectivity index (χ1v) is 18.4. The number of nitrogens with zero attached hydrogens (tertiary/aromatic N) is 1. The average molecular weight is 690 g/mol. The first kappa shape index (κ1) is 31.6. The highest BCUT2D eigenvalue weighted by molar-refractivity contribution is 6.12. The third kappa shape index (κ3) is 5.44. The molecule has 10 rings (SSSR count). The average Bonchev–Trinajstić information content (AvgIpc) is 3.64. The van der Waals surface area contributed by atoms with Crippen molar-refractivity contribution in [1.82, 2.24) is 0 Å². The highest BCUT2D eigenvalue weighted by Crippen LogP contribution is 2.49. The van der Waals surface area contributed by atoms with E-state index in [2.05, 4.69) is 211 Å². The summed E-state index contributed by atoms with van der Waals surface area (Å²) in [6, 6.07) is 75.9. The Morgan fingerprint density at radius 3 is 1.69 bits per heavy atom. The lowest BCUT2D eigenvalue weighted by Gasteiger charge is -2.29. The molecule has 0 atom stereocenters. The van der Waals surface area contributed by atoms with Gasteiger partial charge in [-0.25, -0.2) is 0 Å². The molecule has 0 aliphatic rings. The molecule has 0 saturated carbocycles. The molecule has 0 spiro atoms. The molecule has 0 bridgehead atoms. The van der Waals surface area contributed by atoms with E-state index >= 15 is 0 Å². The normalized spacial score (nSPS) is 11.3. The van der Waals surface area contributed by atoms with Gasteiger partial charge >= 0.3 is 0 Å². The molecule has 10 aromatic rings. The number of furan rings is 1. The molecule has 0 aliphatic heterocycles. The van der Waals surface area contributed by atoms with E-state index in [-0.39, 0.29) is 0 Å². The van der Waals surface area contributed by atoms with Crippen LogP contribution in [0.1, 0.15) is 0 Å². The second-order valence-corrected chi connectivity index (χ2v) is 13.6. The van der Waals surface area contributed by atoms with Crippen molar-refractivity contribution >= 4 is 49.8 Å². The number of rotatable bonds is 7. The Hall–Kier alpha value is -7.16. The summed E-state index contributed by atoms with van der Waals surface area (Å²) in [4.78, 5) is 2.41. The highest BCUT2D eigenvalue weighted by Gasteiger charge is 2.25. The Morgan fingerprint density at radius 1 is 0.296 bits per heavy atom. The quantitative estimate of drug-likeness (QED) is 0.166. The minimum absolute atomic E-state index is 0.856. The predicted octanol–water partition coefficient (Wildman–Crippen LogP) is 14.9. The van der Waals surface area contributed by atoms with E-state index < -0.39 is 0 Å². The molecule has 2 heteroatoms. The summed E-state index contributed by atoms with van der Waals surface area (Å²) in [6.07, 6.45) is 0. The molecular formula is C52H35NO. The highest BCUT2D eigenvalue weighted by atomic mass is 16.3. The molecule has 54 heavy (non-hydrogen) atoms. The summed E-state index contributed by atoms with van der Waals surface area (Å²) < 4.78 is 6.76. The summed E-state index contributed by atoms with van der Waals surface area (Å²) in [5, 5.41) is 4.54. The van der Waals surface area contributed by atoms with Crippen molar-refractivity contribution in [3.8, 4) is 44.5 Å². The Labute approximate surface area is 314 Å². The summed E-state index contributed by atoms with van der Waals surface area (Å²) in [5.41, 5.74) is 14.2. The lowest BCUT2D eigenvalue weighted by molar-refractivity contribution is 0.669. The molecule has 254 valence electrons. The minimum atomic E-state index is 0.856. The molecule has 0 aliphatic carbocycles. The summed E-state index contributed by atoms with van der Waals surface area (Å²) >= 11 is 0. The van der Waals surface area contributed by atoms with Crippen LogP contribution in [0.25, 0.3) is 77.2 Å². The molecule has 1 heterocycles. The van der Waals surface area contributed by atoms with Crippen LogP contribution in [0.2, 0.25) is 0 Å². The molecule has 1 aromatic heterocycles. The van der Waals surface area contributed by atoms with Gasteiger partial charge in [0.1, 0.15) is 5.58 Å². The zero-order chi connectivity index (χ0) is 35.8. The van der Waals surface area contributed by atoms with Crippen LogP contribution in [0.5, 0.6) is 0 Å². The first-order valence-electron chi connectivity index (χ1n) is 18.4. The van der Waals surface area contributed by atoms with Crippen molar-refractivity contribution < 1.29 is 4.42 Å². The van der Waals surface area contributed by atoms with Gasteiger partial charge < -0.3 is 9.32 Å². The van der Waals surface area contributed by atoms with Crippen LogP contribution in [-0.4, -0.2) is 0 Å². The lowest BCUT2D eigenvalue weighted by Crippen LogP contribution is -2.12. The van der Waals surface area contributed by atoms with Gasteiger partial charge in [-0.1, -0.05) is 182 Å². The largest absolute Gasteiger partial charge is 0.454 e. The maximum atomic E-state index is 6.76. The summed E-state index contributed by atoms with van der Waals surface area (Å²) in [5.74, 6) is 0. The minimum Gasteiger partial charge on any atom is -0.454 e. The summed E-state index contributed by atoms with van der Waals surface area (Å²) in [6.45, 7) is 0. The van der Waals surface area contributed by atoms with Gasteiger partial charge in [-0.3, -0.25) is 0 Å². The Balaban J connectivity index is 1.29. The van der Waals surface area contributed by atoms with Crippen LogP contribution in [0.15, 0.2) is 217 Å². The summed E-state index contributed by atoms with van der Waals surface area (Å²) in [7, 11) is 0. The van der Waals surface area contributed by atoms with E-state index in [0.29, 0.717) is 0 Å². The standard InChI is InChI=1S/C52H35NO/c1-3-17-36(18-4-1)39-33-34-43(42-25-10-9-23-40(42)37-19-5-2-6-20-37)47(35-39)44-26-11-13-29-49(44)53(48-30-15-22-38-21-7-8-24-41(38)48)50-31-16-28-46-45-27-12-14-32-51(45)54-52(46)50/h1-35H. The fraction of sp³-hybridized carbons (Fsp3) is 0. The third-order valence-electron chi connectivity index (χ3n) is 10.5. The second-order valence-electron chi connectivity index (χ2n) is 13.6. The zero-order valence-electron chi connectivity index (χ0n) is 29.6. The molecular weight excluding hydrogens is 655 g/mol. The number of hydrogen-bond acceptors (Lipinski definition) is 2. The molecule has 0 N–H and O–H groups in total. The van der Waals surface area contributed by atoms with E-state index in [9.17, 15) is 0 Å². The van der Waals surface area contributed by atoms with Gasteiger partial charge in [-0.05, 0) is 74.7 Å². The van der Waals surface area contributed by atoms with Crippen LogP contribution in [0.3, 0.4) is 0 Å². The van der Waals surface area contributed by atoms with E-state index in [1.165, 1.54) is 33.2 Å². The van der Waals surface area contributed by atoms with E-state index in [4.69, 9.17) is 4.42 Å². The third-order valence-corrected chi connectivity index (χ3v) is 10.5. The van der Waals surface area contributed by atoms with E-state index in [0.717, 1.165) is 61.1 Å². The molecule has 2 nitrogen and oxygen atoms in total. The number of fused-ring (bicyclic) bond motifs is 4. The van der Waals surface area contributed by atoms with E-state index in [1.54, 1.807) is 0 Å². The maximum absolute atomic E-state index is 6.76. The van der Waals surface area contributed by atoms with Crippen molar-refractivity contribution in [2.45, 2.75) is 0 Å². The van der Waals surface area contributed by atoms with E-state index in [1.807, 2.05) is 6.07 Å². The van der Waals surface area contributed by atoms with Crippen LogP contribution in [-0.2, 0) is 0 Å². The van der Waals surface area contributed by atoms with Crippen LogP contribution >= 0.6 is 0 Å². The number of para-hydroxylation sites is 3. The monoisotopic (exact) mass is 689 g/mol. The van der Waals surface area contributed by atoms with Crippen molar-refractivity contribution in [1.29, 1.82) is 0 Å². The molecule has 9 aromatic carbocycles. The Morgan fingerprint density at radius 2 is 0.852 bits per heavy atom. The maximum Gasteiger partial charge on any atom is 0.159 e. The molecule has 0 unspecified atom stereocenters. The van der Waals surface area contributed by atoms with Crippen LogP contribution in [0.4, 0.5) is 17.1 Å². The van der Waals surface area contributed by atoms with Gasteiger partial charge in [0, 0.05) is 21.7 Å². The Bertz CT molecular complexity index is 2940. The molecule has 0 radical (unpaired) electrons. The number of benzene rings is 9. The van der Waals surface area contributed by atoms with Crippen LogP contribution in [0, 0.1) is 0 Å². The van der Waals surface area contributed by atoms with Crippen LogP contribution < -0.4 is 4.90 Å². The van der Waals surface area contributed by atoms with Gasteiger partial charge in [0.25, 0.3) is 0 Å². The molecule has 0 amide bonds. The second kappa shape index (κ2) is 13.4. The van der Waals surface area contributed by atoms with Gasteiger partial charge in [0.05, 0.1) is 17.1 Å². The van der Waals surface area contributed by atoms with Gasteiger partial charge in [0.15, 0.2) is 5.58 Å². The van der Waals surface area contributed by atoms with Gasteiger partial charge in [-0.2, -0.15) is 0 Å². The first-order chi connectivity index (χ1) is 26.8. The smallest absolute Gasteiger partial charge is 0.159 e. The van der Waals surface area contributed by atoms with Crippen molar-refractivity contribution in [2.75, 3.05) is 4.90 Å². The molecule has 0 saturated heterocycles. The van der Waals surface area contributed by atoms with Gasteiger partial charge in [-0.15, -0.1) is 0 Å². The predicted molar refractivity (Wildman–Crippen MR) is 228 cm³/mol. The van der Waals surface area contributed by atoms with Crippen molar-refractivity contribution in [3.05, 3.63) is 212 Å². The van der Waals surface area contributed by atoms with Gasteiger partial charge in [0.2, 0.25) is 0 Å². The SMILES string of the molecule is c1ccc(-c2ccc(-c3ccccc3-c3ccccc3)c(-c3ccccc3N(c3cccc4ccccc34)c3cccc4c3oc3ccccc34)c2)cc1. The zero-order valence-corrected chi connectivity index (χ0v) is 29.6. The van der Waals surface area contributed by atoms with Crippen molar-refractivity contribution in [3.63, 3.8) is 0 Å². The Kier molecular flexibility index (Phi) is 7.85. The van der Waals surface area contributed by atoms with Crippen molar-refractivity contribution in [2.24, 2.45) is 0 Å². The lowest BCUT2D eigenvalue weighted by atomic mass is 9.86. The number of anilines is 3. The molecule has 0 fully saturated rings. The topological polar surface area (TPSA) is 16.4 Å². The fourth-order valence-electron chi connectivity index (χ4n) is 8.00.